The molecule has 0 spiro atoms. The summed E-state index contributed by atoms with van der Waals surface area (Å²) in [4.78, 5) is 11.4. The lowest BCUT2D eigenvalue weighted by Gasteiger charge is -2.26. The van der Waals surface area contributed by atoms with Gasteiger partial charge in [-0.1, -0.05) is 36.4 Å². The Balaban J connectivity index is 1.64. The standard InChI is InChI=1S/C20H23NO3/c1-21-19(22)12-15-8-6-14(7-9-15)10-16-11-17-4-3-5-18(23-2)20(17)24-13-16/h3-9,16H,10-13H2,1-2H3,(H,21,22)/t16-/m1/s1. The van der Waals surface area contributed by atoms with Crippen molar-refractivity contribution >= 4 is 5.91 Å². The van der Waals surface area contributed by atoms with E-state index in [1.54, 1.807) is 14.2 Å². The number of benzene rings is 2. The first kappa shape index (κ1) is 16.4. The molecule has 1 atom stereocenters. The molecule has 0 aliphatic carbocycles. The highest BCUT2D eigenvalue weighted by Crippen LogP contribution is 2.36. The van der Waals surface area contributed by atoms with Gasteiger partial charge >= 0.3 is 0 Å². The van der Waals surface area contributed by atoms with Gasteiger partial charge in [0.1, 0.15) is 0 Å². The van der Waals surface area contributed by atoms with Crippen molar-refractivity contribution in [2.24, 2.45) is 5.92 Å². The van der Waals surface area contributed by atoms with Gasteiger partial charge in [0.25, 0.3) is 0 Å². The van der Waals surface area contributed by atoms with Crippen LogP contribution in [0, 0.1) is 5.92 Å². The first-order valence-corrected chi connectivity index (χ1v) is 8.26. The maximum absolute atomic E-state index is 11.4. The predicted molar refractivity (Wildman–Crippen MR) is 93.6 cm³/mol. The van der Waals surface area contributed by atoms with E-state index in [9.17, 15) is 4.79 Å². The molecule has 0 aromatic heterocycles. The molecule has 1 N–H and O–H groups in total. The van der Waals surface area contributed by atoms with Crippen LogP contribution in [0.25, 0.3) is 0 Å². The van der Waals surface area contributed by atoms with E-state index in [1.165, 1.54) is 11.1 Å². The maximum atomic E-state index is 11.4. The maximum Gasteiger partial charge on any atom is 0.224 e. The third-order valence-corrected chi connectivity index (χ3v) is 4.44. The molecule has 24 heavy (non-hydrogen) atoms. The second kappa shape index (κ2) is 7.39. The zero-order chi connectivity index (χ0) is 16.9. The molecule has 0 bridgehead atoms. The fraction of sp³-hybridized carbons (Fsp3) is 0.350. The van der Waals surface area contributed by atoms with Gasteiger partial charge in [0, 0.05) is 13.0 Å². The Morgan fingerprint density at radius 1 is 1.21 bits per heavy atom. The molecule has 2 aromatic carbocycles. The molecule has 4 heteroatoms. The third-order valence-electron chi connectivity index (χ3n) is 4.44. The van der Waals surface area contributed by atoms with E-state index in [0.717, 1.165) is 29.9 Å². The number of fused-ring (bicyclic) bond motifs is 1. The quantitative estimate of drug-likeness (QED) is 0.919. The fourth-order valence-electron chi connectivity index (χ4n) is 3.15. The first-order chi connectivity index (χ1) is 11.7. The van der Waals surface area contributed by atoms with Crippen molar-refractivity contribution in [2.45, 2.75) is 19.3 Å². The number of rotatable bonds is 5. The summed E-state index contributed by atoms with van der Waals surface area (Å²) in [7, 11) is 3.33. The molecule has 0 saturated carbocycles. The molecule has 1 amide bonds. The van der Waals surface area contributed by atoms with Crippen molar-refractivity contribution in [1.82, 2.24) is 5.32 Å². The van der Waals surface area contributed by atoms with Gasteiger partial charge in [0.2, 0.25) is 5.91 Å². The Hall–Kier alpha value is -2.49. The summed E-state index contributed by atoms with van der Waals surface area (Å²) in [5.74, 6) is 2.19. The van der Waals surface area contributed by atoms with Gasteiger partial charge in [-0.15, -0.1) is 0 Å². The number of hydrogen-bond acceptors (Lipinski definition) is 3. The minimum absolute atomic E-state index is 0.0361. The first-order valence-electron chi connectivity index (χ1n) is 8.26. The van der Waals surface area contributed by atoms with Crippen LogP contribution in [-0.2, 0) is 24.1 Å². The molecule has 3 rings (SSSR count). The molecule has 0 radical (unpaired) electrons. The largest absolute Gasteiger partial charge is 0.493 e. The van der Waals surface area contributed by atoms with Gasteiger partial charge in [-0.2, -0.15) is 0 Å². The molecular formula is C20H23NO3. The van der Waals surface area contributed by atoms with Crippen LogP contribution in [0.1, 0.15) is 16.7 Å². The predicted octanol–water partition coefficient (Wildman–Crippen LogP) is 2.78. The molecule has 0 fully saturated rings. The highest BCUT2D eigenvalue weighted by atomic mass is 16.5. The van der Waals surface area contributed by atoms with Crippen molar-refractivity contribution in [3.63, 3.8) is 0 Å². The second-order valence-corrected chi connectivity index (χ2v) is 6.20. The number of carbonyl (C=O) groups excluding carboxylic acids is 1. The lowest BCUT2D eigenvalue weighted by molar-refractivity contribution is -0.119. The van der Waals surface area contributed by atoms with Crippen LogP contribution < -0.4 is 14.8 Å². The summed E-state index contributed by atoms with van der Waals surface area (Å²) in [6.07, 6.45) is 2.39. The number of ether oxygens (including phenoxy) is 2. The monoisotopic (exact) mass is 325 g/mol. The number of methoxy groups -OCH3 is 1. The minimum atomic E-state index is 0.0361. The van der Waals surface area contributed by atoms with Gasteiger partial charge in [-0.05, 0) is 35.6 Å². The van der Waals surface area contributed by atoms with Crippen LogP contribution in [0.4, 0.5) is 0 Å². The van der Waals surface area contributed by atoms with Crippen molar-refractivity contribution < 1.29 is 14.3 Å². The normalized spacial score (nSPS) is 16.0. The third kappa shape index (κ3) is 3.70. The van der Waals surface area contributed by atoms with Crippen molar-refractivity contribution in [3.05, 3.63) is 59.2 Å². The lowest BCUT2D eigenvalue weighted by atomic mass is 9.90. The van der Waals surface area contributed by atoms with Gasteiger partial charge < -0.3 is 14.8 Å². The Morgan fingerprint density at radius 2 is 1.96 bits per heavy atom. The summed E-state index contributed by atoms with van der Waals surface area (Å²) in [6.45, 7) is 0.702. The molecule has 0 unspecified atom stereocenters. The highest BCUT2D eigenvalue weighted by Gasteiger charge is 2.22. The summed E-state index contributed by atoms with van der Waals surface area (Å²) in [5, 5.41) is 2.65. The topological polar surface area (TPSA) is 47.6 Å². The van der Waals surface area contributed by atoms with Crippen LogP contribution in [0.15, 0.2) is 42.5 Å². The van der Waals surface area contributed by atoms with E-state index in [2.05, 4.69) is 23.5 Å². The van der Waals surface area contributed by atoms with Crippen LogP contribution in [-0.4, -0.2) is 26.7 Å². The van der Waals surface area contributed by atoms with Gasteiger partial charge in [-0.3, -0.25) is 4.79 Å². The summed E-state index contributed by atoms with van der Waals surface area (Å²) in [6, 6.07) is 14.3. The molecule has 126 valence electrons. The van der Waals surface area contributed by atoms with Gasteiger partial charge in [0.15, 0.2) is 11.5 Å². The van der Waals surface area contributed by atoms with Crippen molar-refractivity contribution in [3.8, 4) is 11.5 Å². The number of para-hydroxylation sites is 1. The lowest BCUT2D eigenvalue weighted by Crippen LogP contribution is -2.23. The van der Waals surface area contributed by atoms with Crippen LogP contribution >= 0.6 is 0 Å². The number of hydrogen-bond donors (Lipinski definition) is 1. The van der Waals surface area contributed by atoms with E-state index in [1.807, 2.05) is 24.3 Å². The fourth-order valence-corrected chi connectivity index (χ4v) is 3.15. The minimum Gasteiger partial charge on any atom is -0.493 e. The van der Waals surface area contributed by atoms with E-state index >= 15 is 0 Å². The number of carbonyl (C=O) groups is 1. The Labute approximate surface area is 142 Å². The van der Waals surface area contributed by atoms with Crippen molar-refractivity contribution in [1.29, 1.82) is 0 Å². The van der Waals surface area contributed by atoms with Crippen LogP contribution in [0.2, 0.25) is 0 Å². The van der Waals surface area contributed by atoms with E-state index in [0.29, 0.717) is 18.9 Å². The second-order valence-electron chi connectivity index (χ2n) is 6.20. The SMILES string of the molecule is CNC(=O)Cc1ccc(C[C@H]2COc3c(cccc3OC)C2)cc1. The van der Waals surface area contributed by atoms with Crippen molar-refractivity contribution in [2.75, 3.05) is 20.8 Å². The van der Waals surface area contributed by atoms with E-state index < -0.39 is 0 Å². The average molecular weight is 325 g/mol. The molecule has 2 aromatic rings. The summed E-state index contributed by atoms with van der Waals surface area (Å²) < 4.78 is 11.3. The number of amides is 1. The molecule has 4 nitrogen and oxygen atoms in total. The Kier molecular flexibility index (Phi) is 5.04. The van der Waals surface area contributed by atoms with Gasteiger partial charge in [-0.25, -0.2) is 0 Å². The van der Waals surface area contributed by atoms with E-state index in [4.69, 9.17) is 9.47 Å². The number of likely N-dealkylation sites (N-methyl/N-ethyl adjacent to an activating group) is 1. The summed E-state index contributed by atoms with van der Waals surface area (Å²) >= 11 is 0. The Morgan fingerprint density at radius 3 is 2.67 bits per heavy atom. The van der Waals surface area contributed by atoms with Crippen LogP contribution in [0.3, 0.4) is 0 Å². The smallest absolute Gasteiger partial charge is 0.224 e. The molecule has 1 heterocycles. The summed E-state index contributed by atoms with van der Waals surface area (Å²) in [5.41, 5.74) is 3.52. The number of nitrogens with one attached hydrogen (secondary N) is 1. The van der Waals surface area contributed by atoms with Crippen LogP contribution in [0.5, 0.6) is 11.5 Å². The molecule has 1 aliphatic heterocycles. The molecular weight excluding hydrogens is 302 g/mol. The molecule has 0 saturated heterocycles. The Bertz CT molecular complexity index is 709. The zero-order valence-electron chi connectivity index (χ0n) is 14.2. The zero-order valence-corrected chi connectivity index (χ0v) is 14.2. The van der Waals surface area contributed by atoms with E-state index in [-0.39, 0.29) is 5.91 Å². The average Bonchev–Trinajstić information content (AvgIpc) is 2.62. The van der Waals surface area contributed by atoms with Gasteiger partial charge in [0.05, 0.1) is 20.1 Å². The molecule has 1 aliphatic rings. The highest BCUT2D eigenvalue weighted by molar-refractivity contribution is 5.78.